The molecule has 2 aromatic rings. The van der Waals surface area contributed by atoms with Crippen LogP contribution in [0.2, 0.25) is 5.02 Å². The molecule has 17 heteroatoms. The number of hydrogen-bond acceptors (Lipinski definition) is 9. The van der Waals surface area contributed by atoms with Gasteiger partial charge < -0.3 is 41.7 Å². The van der Waals surface area contributed by atoms with Gasteiger partial charge in [-0.3, -0.25) is 33.6 Å². The normalized spacial score (nSPS) is 18.6. The molecule has 0 aromatic heterocycles. The highest BCUT2D eigenvalue weighted by molar-refractivity contribution is 6.38. The maximum Gasteiger partial charge on any atom is 0.335 e. The summed E-state index contributed by atoms with van der Waals surface area (Å²) in [5, 5.41) is 19.8. The van der Waals surface area contributed by atoms with Crippen molar-refractivity contribution in [1.82, 2.24) is 26.2 Å². The Balaban J connectivity index is 1.50. The number of nitrogens with zero attached hydrogens (tertiary/aromatic N) is 1. The van der Waals surface area contributed by atoms with Crippen LogP contribution in [0.5, 0.6) is 0 Å². The van der Waals surface area contributed by atoms with Crippen LogP contribution in [0.1, 0.15) is 111 Å². The summed E-state index contributed by atoms with van der Waals surface area (Å²) < 4.78 is 6.22. The Morgan fingerprint density at radius 1 is 0.931 bits per heavy atom. The number of amides is 6. The van der Waals surface area contributed by atoms with Crippen molar-refractivity contribution in [2.24, 2.45) is 11.7 Å². The molecule has 7 N–H and O–H groups in total. The van der Waals surface area contributed by atoms with Gasteiger partial charge in [-0.2, -0.15) is 0 Å². The molecule has 0 bridgehead atoms. The largest absolute Gasteiger partial charge is 0.478 e. The number of carbonyl (C=O) groups is 8. The van der Waals surface area contributed by atoms with E-state index in [2.05, 4.69) is 21.3 Å². The molecule has 0 spiro atoms. The smallest absolute Gasteiger partial charge is 0.335 e. The average molecular weight is 825 g/mol. The highest BCUT2D eigenvalue weighted by Gasteiger charge is 2.46. The van der Waals surface area contributed by atoms with Crippen LogP contribution in [0.15, 0.2) is 48.5 Å². The molecule has 1 aliphatic carbocycles. The summed E-state index contributed by atoms with van der Waals surface area (Å²) in [5.41, 5.74) is 5.31. The number of halogens is 1. The predicted molar refractivity (Wildman–Crippen MR) is 212 cm³/mol. The van der Waals surface area contributed by atoms with Gasteiger partial charge in [0.05, 0.1) is 29.9 Å². The van der Waals surface area contributed by atoms with Crippen LogP contribution in [0.25, 0.3) is 0 Å². The number of ketones is 1. The van der Waals surface area contributed by atoms with E-state index >= 15 is 0 Å². The number of carbonyl (C=O) groups excluding carboxylic acids is 7. The van der Waals surface area contributed by atoms with Crippen LogP contribution >= 0.6 is 11.6 Å². The van der Waals surface area contributed by atoms with Crippen molar-refractivity contribution >= 4 is 58.8 Å². The summed E-state index contributed by atoms with van der Waals surface area (Å²) in [6.07, 6.45) is 3.92. The van der Waals surface area contributed by atoms with Crippen LogP contribution in [-0.2, 0) is 33.5 Å². The molecule has 1 saturated carbocycles. The van der Waals surface area contributed by atoms with Gasteiger partial charge in [0.2, 0.25) is 29.4 Å². The quantitative estimate of drug-likeness (QED) is 0.127. The Morgan fingerprint density at radius 2 is 1.59 bits per heavy atom. The number of Topliss-reactive ketones (excluding diaryl/α,β-unsaturated/α-hetero) is 1. The molecule has 2 aliphatic rings. The van der Waals surface area contributed by atoms with E-state index in [0.717, 1.165) is 19.3 Å². The number of rotatable bonds is 17. The fourth-order valence-corrected chi connectivity index (χ4v) is 7.54. The van der Waals surface area contributed by atoms with Gasteiger partial charge in [-0.1, -0.05) is 56.3 Å². The molecular weight excluding hydrogens is 772 g/mol. The standard InChI is InChI=1S/C41H53ClN6O10/c1-5-10-29(34(50)38(54)44-21-31(49)46-32(35(43)51)26-13-9-14-27(42)19-26)45-37(53)30-20-28(58-41(2,3)4)22-48(30)39(55)33(23-11-7-6-8-12-23)47-36(52)24-15-17-25(18-16-24)40(56)57/h9,13-19,23,28-30,32-33H,5-8,10-12,20-22H2,1-4H3,(H2,43,51)(H,44,54)(H,45,53)(H,46,49)(H,47,52)(H,56,57)/t28-,29?,30+,32?,33+/m1/s1. The maximum atomic E-state index is 14.6. The molecular formula is C41H53ClN6O10. The van der Waals surface area contributed by atoms with E-state index in [4.69, 9.17) is 22.1 Å². The minimum atomic E-state index is -1.31. The van der Waals surface area contributed by atoms with E-state index in [-0.39, 0.29) is 36.4 Å². The highest BCUT2D eigenvalue weighted by atomic mass is 35.5. The Bertz CT molecular complexity index is 1860. The molecule has 1 aliphatic heterocycles. The summed E-state index contributed by atoms with van der Waals surface area (Å²) >= 11 is 6.01. The molecule has 4 rings (SSSR count). The lowest BCUT2D eigenvalue weighted by molar-refractivity contribution is -0.143. The van der Waals surface area contributed by atoms with Crippen molar-refractivity contribution < 1.29 is 48.2 Å². The van der Waals surface area contributed by atoms with Crippen LogP contribution in [0, 0.1) is 5.92 Å². The third-order valence-electron chi connectivity index (χ3n) is 10.1. The number of likely N-dealkylation sites (tertiary alicyclic amines) is 1. The molecule has 1 saturated heterocycles. The zero-order valence-electron chi connectivity index (χ0n) is 33.2. The number of ether oxygens (including phenoxy) is 1. The number of carboxylic acids is 1. The fourth-order valence-electron chi connectivity index (χ4n) is 7.34. The van der Waals surface area contributed by atoms with Crippen molar-refractivity contribution in [3.05, 3.63) is 70.2 Å². The minimum absolute atomic E-state index is 0.00150. The zero-order valence-corrected chi connectivity index (χ0v) is 33.9. The minimum Gasteiger partial charge on any atom is -0.478 e. The van der Waals surface area contributed by atoms with E-state index < -0.39 is 89.6 Å². The van der Waals surface area contributed by atoms with Crippen molar-refractivity contribution in [2.45, 2.75) is 115 Å². The monoisotopic (exact) mass is 824 g/mol. The number of nitrogens with one attached hydrogen (secondary N) is 4. The van der Waals surface area contributed by atoms with Crippen molar-refractivity contribution in [2.75, 3.05) is 13.1 Å². The van der Waals surface area contributed by atoms with E-state index in [1.54, 1.807) is 19.1 Å². The third kappa shape index (κ3) is 12.6. The molecule has 16 nitrogen and oxygen atoms in total. The number of nitrogens with two attached hydrogens (primary N) is 1. The van der Waals surface area contributed by atoms with Crippen LogP contribution in [0.4, 0.5) is 0 Å². The van der Waals surface area contributed by atoms with Gasteiger partial charge in [0.15, 0.2) is 0 Å². The predicted octanol–water partition coefficient (Wildman–Crippen LogP) is 2.81. The van der Waals surface area contributed by atoms with Gasteiger partial charge in [-0.05, 0) is 87.9 Å². The Labute approximate surface area is 342 Å². The number of hydrogen-bond donors (Lipinski definition) is 6. The molecule has 0 radical (unpaired) electrons. The Hall–Kier alpha value is -5.35. The molecule has 5 atom stereocenters. The molecule has 1 heterocycles. The number of aromatic carboxylic acids is 1. The summed E-state index contributed by atoms with van der Waals surface area (Å²) in [6, 6.07) is 6.75. The van der Waals surface area contributed by atoms with Gasteiger partial charge in [0.1, 0.15) is 18.1 Å². The molecule has 2 fully saturated rings. The summed E-state index contributed by atoms with van der Waals surface area (Å²) in [4.78, 5) is 106. The third-order valence-corrected chi connectivity index (χ3v) is 10.3. The zero-order chi connectivity index (χ0) is 42.7. The Kier molecular flexibility index (Phi) is 15.9. The number of carboxylic acid groups (broad SMARTS) is 1. The van der Waals surface area contributed by atoms with E-state index in [1.165, 1.54) is 41.3 Å². The van der Waals surface area contributed by atoms with E-state index in [9.17, 15) is 43.5 Å². The lowest BCUT2D eigenvalue weighted by Gasteiger charge is -2.35. The van der Waals surface area contributed by atoms with Crippen molar-refractivity contribution in [1.29, 1.82) is 0 Å². The Morgan fingerprint density at radius 3 is 2.17 bits per heavy atom. The van der Waals surface area contributed by atoms with Crippen LogP contribution in [0.3, 0.4) is 0 Å². The second-order valence-electron chi connectivity index (χ2n) is 15.7. The van der Waals surface area contributed by atoms with E-state index in [0.29, 0.717) is 29.8 Å². The first-order chi connectivity index (χ1) is 27.4. The summed E-state index contributed by atoms with van der Waals surface area (Å²) in [6.45, 7) is 6.61. The van der Waals surface area contributed by atoms with Crippen molar-refractivity contribution in [3.63, 3.8) is 0 Å². The molecule has 314 valence electrons. The van der Waals surface area contributed by atoms with Gasteiger partial charge in [-0.25, -0.2) is 4.79 Å². The lowest BCUT2D eigenvalue weighted by Crippen LogP contribution is -2.58. The SMILES string of the molecule is CCCC(NC(=O)[C@@H]1C[C@@H](OC(C)(C)C)CN1C(=O)[C@@H](NC(=O)c1ccc(C(=O)O)cc1)C1CCCCC1)C(=O)C(=O)NCC(=O)NC(C(N)=O)c1cccc(Cl)c1. The first-order valence-corrected chi connectivity index (χ1v) is 19.8. The molecule has 6 amide bonds. The summed E-state index contributed by atoms with van der Waals surface area (Å²) in [7, 11) is 0. The lowest BCUT2D eigenvalue weighted by atomic mass is 9.83. The second-order valence-corrected chi connectivity index (χ2v) is 16.1. The van der Waals surface area contributed by atoms with Gasteiger partial charge in [0, 0.05) is 23.6 Å². The fraction of sp³-hybridized carbons (Fsp3) is 0.512. The van der Waals surface area contributed by atoms with Crippen molar-refractivity contribution in [3.8, 4) is 0 Å². The maximum absolute atomic E-state index is 14.6. The number of primary amides is 1. The first kappa shape index (κ1) is 45.4. The molecule has 58 heavy (non-hydrogen) atoms. The average Bonchev–Trinajstić information content (AvgIpc) is 3.60. The topological polar surface area (TPSA) is 243 Å². The van der Waals surface area contributed by atoms with E-state index in [1.807, 2.05) is 20.8 Å². The van der Waals surface area contributed by atoms with Gasteiger partial charge in [0.25, 0.3) is 11.8 Å². The second kappa shape index (κ2) is 20.4. The van der Waals surface area contributed by atoms with Crippen LogP contribution in [-0.4, -0.2) is 100 Å². The molecule has 2 aromatic carbocycles. The molecule has 2 unspecified atom stereocenters. The number of benzene rings is 2. The van der Waals surface area contributed by atoms with Gasteiger partial charge >= 0.3 is 5.97 Å². The highest BCUT2D eigenvalue weighted by Crippen LogP contribution is 2.31. The summed E-state index contributed by atoms with van der Waals surface area (Å²) in [5.74, 6) is -7.04. The first-order valence-electron chi connectivity index (χ1n) is 19.5. The van der Waals surface area contributed by atoms with Gasteiger partial charge in [-0.15, -0.1) is 0 Å². The van der Waals surface area contributed by atoms with Crippen LogP contribution < -0.4 is 27.0 Å².